The molecule has 0 unspecified atom stereocenters. The highest BCUT2D eigenvalue weighted by molar-refractivity contribution is 5.55. The van der Waals surface area contributed by atoms with Crippen molar-refractivity contribution in [1.29, 1.82) is 0 Å². The van der Waals surface area contributed by atoms with Crippen LogP contribution in [0.2, 0.25) is 0 Å². The third kappa shape index (κ3) is 3.55. The zero-order valence-corrected chi connectivity index (χ0v) is 14.4. The van der Waals surface area contributed by atoms with Crippen molar-refractivity contribution in [3.05, 3.63) is 66.7 Å². The monoisotopic (exact) mass is 347 g/mol. The Bertz CT molecular complexity index is 835. The van der Waals surface area contributed by atoms with Gasteiger partial charge >= 0.3 is 0 Å². The highest BCUT2D eigenvalue weighted by Crippen LogP contribution is 2.31. The third-order valence-electron chi connectivity index (χ3n) is 4.83. The number of anilines is 1. The Kier molecular flexibility index (Phi) is 4.84. The van der Waals surface area contributed by atoms with Crippen LogP contribution in [-0.4, -0.2) is 38.1 Å². The van der Waals surface area contributed by atoms with Crippen molar-refractivity contribution in [1.82, 2.24) is 19.9 Å². The molecule has 6 nitrogen and oxygen atoms in total. The van der Waals surface area contributed by atoms with Crippen molar-refractivity contribution in [2.45, 2.75) is 18.9 Å². The van der Waals surface area contributed by atoms with Gasteiger partial charge in [-0.3, -0.25) is 9.97 Å². The Morgan fingerprint density at radius 3 is 2.31 bits per heavy atom. The molecule has 0 radical (unpaired) electrons. The number of pyridine rings is 2. The first-order valence-corrected chi connectivity index (χ1v) is 8.89. The Morgan fingerprint density at radius 1 is 0.846 bits per heavy atom. The molecule has 0 spiro atoms. The molecule has 1 saturated heterocycles. The molecule has 0 aromatic carbocycles. The quantitative estimate of drug-likeness (QED) is 0.782. The molecule has 1 atom stereocenters. The number of aromatic nitrogens is 4. The first kappa shape index (κ1) is 16.6. The van der Waals surface area contributed by atoms with Crippen molar-refractivity contribution in [2.75, 3.05) is 18.0 Å². The zero-order chi connectivity index (χ0) is 17.8. The fraction of sp³-hybridized carbons (Fsp3) is 0.300. The minimum atomic E-state index is -0.515. The van der Waals surface area contributed by atoms with Gasteiger partial charge in [0.1, 0.15) is 0 Å². The summed E-state index contributed by atoms with van der Waals surface area (Å²) in [7, 11) is 0. The molecule has 3 aromatic heterocycles. The van der Waals surface area contributed by atoms with E-state index in [-0.39, 0.29) is 5.92 Å². The molecule has 132 valence electrons. The van der Waals surface area contributed by atoms with Crippen LogP contribution in [0.25, 0.3) is 11.4 Å². The lowest BCUT2D eigenvalue weighted by atomic mass is 9.89. The molecule has 1 N–H and O–H groups in total. The van der Waals surface area contributed by atoms with E-state index < -0.39 is 6.10 Å². The van der Waals surface area contributed by atoms with Gasteiger partial charge in [-0.15, -0.1) is 0 Å². The first-order chi connectivity index (χ1) is 12.8. The number of aliphatic hydroxyl groups is 1. The maximum Gasteiger partial charge on any atom is 0.225 e. The van der Waals surface area contributed by atoms with Crippen molar-refractivity contribution >= 4 is 5.95 Å². The van der Waals surface area contributed by atoms with E-state index in [1.807, 2.05) is 42.5 Å². The molecular weight excluding hydrogens is 326 g/mol. The highest BCUT2D eigenvalue weighted by Gasteiger charge is 2.28. The van der Waals surface area contributed by atoms with Crippen molar-refractivity contribution in [2.24, 2.45) is 5.92 Å². The number of aliphatic hydroxyl groups excluding tert-OH is 1. The predicted molar refractivity (Wildman–Crippen MR) is 99.4 cm³/mol. The van der Waals surface area contributed by atoms with Gasteiger partial charge in [0.15, 0.2) is 0 Å². The van der Waals surface area contributed by atoms with E-state index in [0.717, 1.165) is 49.0 Å². The van der Waals surface area contributed by atoms with Gasteiger partial charge in [-0.1, -0.05) is 12.1 Å². The topological polar surface area (TPSA) is 75.0 Å². The summed E-state index contributed by atoms with van der Waals surface area (Å²) >= 11 is 0. The van der Waals surface area contributed by atoms with Crippen LogP contribution in [0.15, 0.2) is 61.1 Å². The summed E-state index contributed by atoms with van der Waals surface area (Å²) in [5.41, 5.74) is 2.42. The Morgan fingerprint density at radius 2 is 1.62 bits per heavy atom. The SMILES string of the molecule is O[C@H](c1ccccn1)C1CCN(c2nccc(-c3ccccn3)n2)CC1. The van der Waals surface area contributed by atoms with Crippen LogP contribution >= 0.6 is 0 Å². The Hall–Kier alpha value is -2.86. The molecule has 0 aliphatic carbocycles. The number of hydrogen-bond donors (Lipinski definition) is 1. The van der Waals surface area contributed by atoms with Gasteiger partial charge in [0.2, 0.25) is 5.95 Å². The molecule has 1 fully saturated rings. The summed E-state index contributed by atoms with van der Waals surface area (Å²) in [6, 6.07) is 13.3. The van der Waals surface area contributed by atoms with E-state index in [1.54, 1.807) is 18.6 Å². The van der Waals surface area contributed by atoms with Crippen LogP contribution in [0.4, 0.5) is 5.95 Å². The van der Waals surface area contributed by atoms with E-state index >= 15 is 0 Å². The summed E-state index contributed by atoms with van der Waals surface area (Å²) < 4.78 is 0. The van der Waals surface area contributed by atoms with Crippen LogP contribution in [0, 0.1) is 5.92 Å². The van der Waals surface area contributed by atoms with Gasteiger partial charge in [-0.05, 0) is 49.1 Å². The number of piperidine rings is 1. The maximum atomic E-state index is 10.6. The van der Waals surface area contributed by atoms with E-state index in [9.17, 15) is 5.11 Å². The van der Waals surface area contributed by atoms with Crippen LogP contribution in [0.5, 0.6) is 0 Å². The lowest BCUT2D eigenvalue weighted by Crippen LogP contribution is -2.36. The van der Waals surface area contributed by atoms with E-state index in [4.69, 9.17) is 0 Å². The van der Waals surface area contributed by atoms with Gasteiger partial charge < -0.3 is 10.0 Å². The molecule has 1 aliphatic heterocycles. The molecular formula is C20H21N5O. The molecule has 0 bridgehead atoms. The second kappa shape index (κ2) is 7.58. The van der Waals surface area contributed by atoms with Gasteiger partial charge in [0, 0.05) is 31.7 Å². The van der Waals surface area contributed by atoms with Gasteiger partial charge in [0.05, 0.1) is 23.2 Å². The lowest BCUT2D eigenvalue weighted by Gasteiger charge is -2.34. The Balaban J connectivity index is 1.44. The number of nitrogens with zero attached hydrogens (tertiary/aromatic N) is 5. The smallest absolute Gasteiger partial charge is 0.225 e. The summed E-state index contributed by atoms with van der Waals surface area (Å²) in [5, 5.41) is 10.6. The van der Waals surface area contributed by atoms with Crippen molar-refractivity contribution in [3.63, 3.8) is 0 Å². The second-order valence-corrected chi connectivity index (χ2v) is 6.48. The minimum Gasteiger partial charge on any atom is -0.387 e. The van der Waals surface area contributed by atoms with Crippen LogP contribution in [0.3, 0.4) is 0 Å². The predicted octanol–water partition coefficient (Wildman–Crippen LogP) is 2.88. The van der Waals surface area contributed by atoms with Crippen molar-refractivity contribution in [3.8, 4) is 11.4 Å². The first-order valence-electron chi connectivity index (χ1n) is 8.89. The van der Waals surface area contributed by atoms with E-state index in [1.165, 1.54) is 0 Å². The fourth-order valence-corrected chi connectivity index (χ4v) is 3.37. The van der Waals surface area contributed by atoms with E-state index in [0.29, 0.717) is 0 Å². The average Bonchev–Trinajstić information content (AvgIpc) is 2.75. The summed E-state index contributed by atoms with van der Waals surface area (Å²) in [6.07, 6.45) is 6.52. The molecule has 4 heterocycles. The largest absolute Gasteiger partial charge is 0.387 e. The van der Waals surface area contributed by atoms with Gasteiger partial charge in [-0.25, -0.2) is 9.97 Å². The van der Waals surface area contributed by atoms with E-state index in [2.05, 4.69) is 24.8 Å². The second-order valence-electron chi connectivity index (χ2n) is 6.48. The van der Waals surface area contributed by atoms with Gasteiger partial charge in [-0.2, -0.15) is 0 Å². The van der Waals surface area contributed by atoms with Crippen LogP contribution in [0.1, 0.15) is 24.6 Å². The third-order valence-corrected chi connectivity index (χ3v) is 4.83. The Labute approximate surface area is 152 Å². The van der Waals surface area contributed by atoms with Crippen molar-refractivity contribution < 1.29 is 5.11 Å². The zero-order valence-electron chi connectivity index (χ0n) is 14.4. The average molecular weight is 347 g/mol. The minimum absolute atomic E-state index is 0.208. The van der Waals surface area contributed by atoms with Crippen LogP contribution < -0.4 is 4.90 Å². The number of rotatable bonds is 4. The molecule has 0 amide bonds. The summed E-state index contributed by atoms with van der Waals surface area (Å²) in [6.45, 7) is 1.64. The maximum absolute atomic E-state index is 10.6. The lowest BCUT2D eigenvalue weighted by molar-refractivity contribution is 0.0889. The summed E-state index contributed by atoms with van der Waals surface area (Å²) in [5.74, 6) is 0.930. The molecule has 26 heavy (non-hydrogen) atoms. The summed E-state index contributed by atoms with van der Waals surface area (Å²) in [4.78, 5) is 19.9. The normalized spacial score (nSPS) is 16.4. The van der Waals surface area contributed by atoms with Crippen LogP contribution in [-0.2, 0) is 0 Å². The molecule has 4 rings (SSSR count). The molecule has 6 heteroatoms. The molecule has 0 saturated carbocycles. The molecule has 3 aromatic rings. The highest BCUT2D eigenvalue weighted by atomic mass is 16.3. The molecule has 1 aliphatic rings. The van der Waals surface area contributed by atoms with Gasteiger partial charge in [0.25, 0.3) is 0 Å². The standard InChI is InChI=1S/C20H21N5O/c26-19(18-6-2-4-11-22-18)15-8-13-25(14-9-15)20-23-12-7-17(24-20)16-5-1-3-10-21-16/h1-7,10-12,15,19,26H,8-9,13-14H2/t19-/m0/s1. The number of hydrogen-bond acceptors (Lipinski definition) is 6. The fourth-order valence-electron chi connectivity index (χ4n) is 3.37.